The lowest BCUT2D eigenvalue weighted by atomic mass is 10.2. The second-order valence-corrected chi connectivity index (χ2v) is 8.72. The number of amides is 1. The lowest BCUT2D eigenvalue weighted by Gasteiger charge is -2.24. The summed E-state index contributed by atoms with van der Waals surface area (Å²) in [6.45, 7) is 5.66. The molecule has 0 saturated heterocycles. The third-order valence-electron chi connectivity index (χ3n) is 4.18. The highest BCUT2D eigenvalue weighted by Crippen LogP contribution is 2.16. The number of sulfonamides is 1. The molecule has 152 valence electrons. The van der Waals surface area contributed by atoms with Crippen LogP contribution in [0.1, 0.15) is 26.3 Å². The number of nitrogens with one attached hydrogen (secondary N) is 2. The van der Waals surface area contributed by atoms with Crippen LogP contribution < -0.4 is 10.0 Å². The van der Waals surface area contributed by atoms with E-state index in [1.54, 1.807) is 57.0 Å². The van der Waals surface area contributed by atoms with Crippen LogP contribution in [-0.4, -0.2) is 38.4 Å². The van der Waals surface area contributed by atoms with Gasteiger partial charge in [0.25, 0.3) is 0 Å². The third-order valence-corrected chi connectivity index (χ3v) is 5.86. The zero-order valence-corrected chi connectivity index (χ0v) is 17.3. The minimum atomic E-state index is -3.57. The number of anilines is 1. The predicted octanol–water partition coefficient (Wildman–Crippen LogP) is 2.97. The normalized spacial score (nSPS) is 13.0. The molecule has 0 unspecified atom stereocenters. The molecule has 2 rings (SSSR count). The minimum Gasteiger partial charge on any atom is -0.325 e. The molecule has 0 fully saturated rings. The molecule has 1 atom stereocenters. The van der Waals surface area contributed by atoms with E-state index in [0.29, 0.717) is 12.2 Å². The van der Waals surface area contributed by atoms with E-state index in [9.17, 15) is 17.6 Å². The molecule has 0 spiro atoms. The average molecular weight is 408 g/mol. The smallest absolute Gasteiger partial charge is 0.241 e. The van der Waals surface area contributed by atoms with E-state index < -0.39 is 16.1 Å². The summed E-state index contributed by atoms with van der Waals surface area (Å²) < 4.78 is 40.1. The highest BCUT2D eigenvalue weighted by molar-refractivity contribution is 7.89. The van der Waals surface area contributed by atoms with Crippen LogP contribution in [0.25, 0.3) is 0 Å². The fourth-order valence-electron chi connectivity index (χ4n) is 2.60. The zero-order valence-electron chi connectivity index (χ0n) is 16.4. The second-order valence-electron chi connectivity index (χ2n) is 7.01. The highest BCUT2D eigenvalue weighted by Gasteiger charge is 2.19. The lowest BCUT2D eigenvalue weighted by molar-refractivity contribution is -0.120. The molecule has 0 saturated carbocycles. The molecular weight excluding hydrogens is 381 g/mol. The summed E-state index contributed by atoms with van der Waals surface area (Å²) in [6, 6.07) is 11.6. The monoisotopic (exact) mass is 407 g/mol. The van der Waals surface area contributed by atoms with Crippen LogP contribution in [0.15, 0.2) is 53.4 Å². The van der Waals surface area contributed by atoms with Crippen molar-refractivity contribution in [3.63, 3.8) is 0 Å². The zero-order chi connectivity index (χ0) is 20.9. The largest absolute Gasteiger partial charge is 0.325 e. The van der Waals surface area contributed by atoms with E-state index in [4.69, 9.17) is 0 Å². The molecule has 0 aliphatic carbocycles. The fourth-order valence-corrected chi connectivity index (χ4v) is 3.85. The van der Waals surface area contributed by atoms with Gasteiger partial charge in [0, 0.05) is 18.3 Å². The van der Waals surface area contributed by atoms with E-state index in [-0.39, 0.29) is 22.7 Å². The van der Waals surface area contributed by atoms with Gasteiger partial charge in [0.1, 0.15) is 5.82 Å². The number of nitrogens with zero attached hydrogens (tertiary/aromatic N) is 1. The van der Waals surface area contributed by atoms with Crippen molar-refractivity contribution in [1.82, 2.24) is 9.62 Å². The number of hydrogen-bond donors (Lipinski definition) is 2. The van der Waals surface area contributed by atoms with Crippen LogP contribution in [0.5, 0.6) is 0 Å². The summed E-state index contributed by atoms with van der Waals surface area (Å²) in [7, 11) is -1.79. The van der Waals surface area contributed by atoms with Gasteiger partial charge in [-0.25, -0.2) is 17.5 Å². The van der Waals surface area contributed by atoms with Crippen molar-refractivity contribution in [2.45, 2.75) is 44.3 Å². The van der Waals surface area contributed by atoms with Gasteiger partial charge < -0.3 is 5.32 Å². The van der Waals surface area contributed by atoms with Gasteiger partial charge in [-0.2, -0.15) is 0 Å². The van der Waals surface area contributed by atoms with Crippen molar-refractivity contribution < 1.29 is 17.6 Å². The Hall–Kier alpha value is -2.29. The SMILES string of the molecule is CC(C)NS(=O)(=O)c1ccc(NC(=O)[C@@H](C)N(C)Cc2cccc(F)c2)cc1. The van der Waals surface area contributed by atoms with E-state index in [0.717, 1.165) is 5.56 Å². The van der Waals surface area contributed by atoms with E-state index >= 15 is 0 Å². The van der Waals surface area contributed by atoms with Gasteiger partial charge in [-0.1, -0.05) is 12.1 Å². The molecule has 2 N–H and O–H groups in total. The Bertz CT molecular complexity index is 915. The molecule has 1 amide bonds. The van der Waals surface area contributed by atoms with Gasteiger partial charge in [-0.15, -0.1) is 0 Å². The molecular formula is C20H26FN3O3S. The fraction of sp³-hybridized carbons (Fsp3) is 0.350. The van der Waals surface area contributed by atoms with Gasteiger partial charge in [0.05, 0.1) is 10.9 Å². The first-order valence-corrected chi connectivity index (χ1v) is 10.4. The molecule has 0 aromatic heterocycles. The first kappa shape index (κ1) is 22.0. The summed E-state index contributed by atoms with van der Waals surface area (Å²) in [5.41, 5.74) is 1.27. The van der Waals surface area contributed by atoms with Crippen LogP contribution in [0.2, 0.25) is 0 Å². The van der Waals surface area contributed by atoms with Crippen LogP contribution in [0, 0.1) is 5.82 Å². The summed E-state index contributed by atoms with van der Waals surface area (Å²) in [4.78, 5) is 14.4. The number of halogens is 1. The van der Waals surface area contributed by atoms with E-state index in [2.05, 4.69) is 10.0 Å². The Morgan fingerprint density at radius 2 is 1.75 bits per heavy atom. The lowest BCUT2D eigenvalue weighted by Crippen LogP contribution is -2.39. The molecule has 2 aromatic rings. The van der Waals surface area contributed by atoms with Crippen LogP contribution in [0.4, 0.5) is 10.1 Å². The summed E-state index contributed by atoms with van der Waals surface area (Å²) in [6.07, 6.45) is 0. The molecule has 28 heavy (non-hydrogen) atoms. The molecule has 0 heterocycles. The van der Waals surface area contributed by atoms with E-state index in [1.807, 2.05) is 0 Å². The molecule has 0 radical (unpaired) electrons. The van der Waals surface area contributed by atoms with Gasteiger partial charge in [-0.3, -0.25) is 9.69 Å². The third kappa shape index (κ3) is 6.12. The van der Waals surface area contributed by atoms with Crippen molar-refractivity contribution in [1.29, 1.82) is 0 Å². The molecule has 2 aromatic carbocycles. The minimum absolute atomic E-state index is 0.135. The maximum Gasteiger partial charge on any atom is 0.241 e. The standard InChI is InChI=1S/C20H26FN3O3S/c1-14(2)23-28(26,27)19-10-8-18(9-11-19)22-20(25)15(3)24(4)13-16-6-5-7-17(21)12-16/h5-12,14-15,23H,13H2,1-4H3,(H,22,25)/t15-/m1/s1. The predicted molar refractivity (Wildman–Crippen MR) is 108 cm³/mol. The second kappa shape index (κ2) is 9.27. The van der Waals surface area contributed by atoms with Crippen molar-refractivity contribution >= 4 is 21.6 Å². The summed E-state index contributed by atoms with van der Waals surface area (Å²) in [5, 5.41) is 2.77. The molecule has 0 aliphatic rings. The Morgan fingerprint density at radius 3 is 2.32 bits per heavy atom. The highest BCUT2D eigenvalue weighted by atomic mass is 32.2. The Kier molecular flexibility index (Phi) is 7.29. The van der Waals surface area contributed by atoms with Gasteiger partial charge in [0.2, 0.25) is 15.9 Å². The van der Waals surface area contributed by atoms with Gasteiger partial charge in [-0.05, 0) is 69.8 Å². The Balaban J connectivity index is 1.99. The number of rotatable bonds is 8. The summed E-state index contributed by atoms with van der Waals surface area (Å²) in [5.74, 6) is -0.556. The van der Waals surface area contributed by atoms with Crippen molar-refractivity contribution in [2.24, 2.45) is 0 Å². The number of carbonyl (C=O) groups excluding carboxylic acids is 1. The van der Waals surface area contributed by atoms with Gasteiger partial charge >= 0.3 is 0 Å². The van der Waals surface area contributed by atoms with Crippen LogP contribution >= 0.6 is 0 Å². The first-order valence-electron chi connectivity index (χ1n) is 8.96. The topological polar surface area (TPSA) is 78.5 Å². The number of benzene rings is 2. The molecule has 6 nitrogen and oxygen atoms in total. The number of carbonyl (C=O) groups is 1. The number of likely N-dealkylation sites (N-methyl/N-ethyl adjacent to an activating group) is 1. The molecule has 0 aliphatic heterocycles. The molecule has 8 heteroatoms. The van der Waals surface area contributed by atoms with Crippen LogP contribution in [-0.2, 0) is 21.4 Å². The quantitative estimate of drug-likeness (QED) is 0.705. The Labute approximate surface area is 165 Å². The maximum atomic E-state index is 13.3. The molecule has 0 bridgehead atoms. The number of hydrogen-bond acceptors (Lipinski definition) is 4. The van der Waals surface area contributed by atoms with Crippen molar-refractivity contribution in [2.75, 3.05) is 12.4 Å². The van der Waals surface area contributed by atoms with Crippen LogP contribution in [0.3, 0.4) is 0 Å². The van der Waals surface area contributed by atoms with E-state index in [1.165, 1.54) is 24.3 Å². The van der Waals surface area contributed by atoms with Crippen molar-refractivity contribution in [3.8, 4) is 0 Å². The Morgan fingerprint density at radius 1 is 1.11 bits per heavy atom. The van der Waals surface area contributed by atoms with Crippen molar-refractivity contribution in [3.05, 3.63) is 59.9 Å². The van der Waals surface area contributed by atoms with Gasteiger partial charge in [0.15, 0.2) is 0 Å². The maximum absolute atomic E-state index is 13.3. The average Bonchev–Trinajstić information content (AvgIpc) is 2.60. The summed E-state index contributed by atoms with van der Waals surface area (Å²) >= 11 is 0. The first-order chi connectivity index (χ1) is 13.1.